The molecule has 1 aliphatic rings. The van der Waals surface area contributed by atoms with Crippen LogP contribution in [0.15, 0.2) is 12.1 Å². The Bertz CT molecular complexity index is 445. The van der Waals surface area contributed by atoms with Crippen molar-refractivity contribution in [1.29, 1.82) is 0 Å². The second-order valence-corrected chi connectivity index (χ2v) is 6.54. The van der Waals surface area contributed by atoms with Crippen molar-refractivity contribution in [3.05, 3.63) is 28.8 Å². The Balaban J connectivity index is 2.50. The lowest BCUT2D eigenvalue weighted by Crippen LogP contribution is -2.35. The predicted molar refractivity (Wildman–Crippen MR) is 76.3 cm³/mol. The van der Waals surface area contributed by atoms with Gasteiger partial charge in [-0.1, -0.05) is 26.8 Å². The molecule has 18 heavy (non-hydrogen) atoms. The van der Waals surface area contributed by atoms with Crippen molar-refractivity contribution >= 4 is 0 Å². The Labute approximate surface area is 111 Å². The van der Waals surface area contributed by atoms with Crippen molar-refractivity contribution in [3.63, 3.8) is 0 Å². The fourth-order valence-electron chi connectivity index (χ4n) is 2.66. The Morgan fingerprint density at radius 2 is 1.89 bits per heavy atom. The van der Waals surface area contributed by atoms with Crippen LogP contribution in [0.1, 0.15) is 44.4 Å². The number of likely N-dealkylation sites (N-methyl/N-ethyl adjacent to an activating group) is 1. The van der Waals surface area contributed by atoms with Crippen LogP contribution in [-0.4, -0.2) is 25.1 Å². The molecule has 0 fully saturated rings. The smallest absolute Gasteiger partial charge is 0.122 e. The van der Waals surface area contributed by atoms with Crippen LogP contribution < -0.4 is 4.74 Å². The maximum Gasteiger partial charge on any atom is 0.122 e. The van der Waals surface area contributed by atoms with E-state index in [1.54, 1.807) is 7.11 Å². The highest BCUT2D eigenvalue weighted by Crippen LogP contribution is 2.36. The van der Waals surface area contributed by atoms with E-state index in [0.29, 0.717) is 6.04 Å². The summed E-state index contributed by atoms with van der Waals surface area (Å²) < 4.78 is 5.59. The van der Waals surface area contributed by atoms with E-state index in [1.807, 2.05) is 0 Å². The lowest BCUT2D eigenvalue weighted by molar-refractivity contribution is 0.230. The standard InChI is InChI=1S/C16H25NO/c1-11-7-12-9-15(18-6)14(16(2,3)4)8-13(12)10-17(11)5/h8-9,11H,7,10H2,1-6H3. The van der Waals surface area contributed by atoms with Gasteiger partial charge in [-0.05, 0) is 48.6 Å². The van der Waals surface area contributed by atoms with Gasteiger partial charge in [0.25, 0.3) is 0 Å². The SMILES string of the molecule is COc1cc2c(cc1C(C)(C)C)CN(C)C(C)C2. The van der Waals surface area contributed by atoms with Gasteiger partial charge in [-0.3, -0.25) is 4.90 Å². The van der Waals surface area contributed by atoms with E-state index in [4.69, 9.17) is 4.74 Å². The van der Waals surface area contributed by atoms with Crippen LogP contribution in [0.4, 0.5) is 0 Å². The quantitative estimate of drug-likeness (QED) is 0.754. The lowest BCUT2D eigenvalue weighted by atomic mass is 9.82. The van der Waals surface area contributed by atoms with E-state index in [9.17, 15) is 0 Å². The average Bonchev–Trinajstić information content (AvgIpc) is 2.28. The molecular formula is C16H25NO. The van der Waals surface area contributed by atoms with E-state index in [-0.39, 0.29) is 5.41 Å². The van der Waals surface area contributed by atoms with Gasteiger partial charge in [0.1, 0.15) is 5.75 Å². The first-order valence-corrected chi connectivity index (χ1v) is 6.73. The molecule has 0 saturated carbocycles. The van der Waals surface area contributed by atoms with Crippen LogP contribution in [0.5, 0.6) is 5.75 Å². The Morgan fingerprint density at radius 1 is 1.22 bits per heavy atom. The molecule has 1 aromatic rings. The molecule has 1 aliphatic heterocycles. The molecule has 0 bridgehead atoms. The topological polar surface area (TPSA) is 12.5 Å². The number of fused-ring (bicyclic) bond motifs is 1. The lowest BCUT2D eigenvalue weighted by Gasteiger charge is -2.33. The normalized spacial score (nSPS) is 20.7. The summed E-state index contributed by atoms with van der Waals surface area (Å²) >= 11 is 0. The van der Waals surface area contributed by atoms with Crippen molar-refractivity contribution < 1.29 is 4.74 Å². The summed E-state index contributed by atoms with van der Waals surface area (Å²) in [5.74, 6) is 1.04. The van der Waals surface area contributed by atoms with E-state index in [0.717, 1.165) is 18.7 Å². The molecule has 2 nitrogen and oxygen atoms in total. The fourth-order valence-corrected chi connectivity index (χ4v) is 2.66. The van der Waals surface area contributed by atoms with Gasteiger partial charge in [-0.25, -0.2) is 0 Å². The molecule has 1 aromatic carbocycles. The van der Waals surface area contributed by atoms with Crippen LogP contribution in [0.3, 0.4) is 0 Å². The zero-order valence-electron chi connectivity index (χ0n) is 12.5. The summed E-state index contributed by atoms with van der Waals surface area (Å²) in [5, 5.41) is 0. The molecule has 2 heteroatoms. The molecule has 0 aromatic heterocycles. The van der Waals surface area contributed by atoms with Crippen LogP contribution in [0, 0.1) is 0 Å². The third-order valence-corrected chi connectivity index (χ3v) is 4.02. The molecular weight excluding hydrogens is 222 g/mol. The van der Waals surface area contributed by atoms with Gasteiger partial charge < -0.3 is 4.74 Å². The molecule has 0 spiro atoms. The third kappa shape index (κ3) is 2.39. The van der Waals surface area contributed by atoms with Gasteiger partial charge in [0, 0.05) is 12.6 Å². The predicted octanol–water partition coefficient (Wildman–Crippen LogP) is 3.37. The molecule has 0 amide bonds. The highest BCUT2D eigenvalue weighted by Gasteiger charge is 2.25. The van der Waals surface area contributed by atoms with Crippen LogP contribution in [0.25, 0.3) is 0 Å². The van der Waals surface area contributed by atoms with Crippen LogP contribution in [-0.2, 0) is 18.4 Å². The Hall–Kier alpha value is -1.02. The number of nitrogens with zero attached hydrogens (tertiary/aromatic N) is 1. The molecule has 0 radical (unpaired) electrons. The molecule has 100 valence electrons. The summed E-state index contributed by atoms with van der Waals surface area (Å²) in [5.41, 5.74) is 4.35. The van der Waals surface area contributed by atoms with Gasteiger partial charge in [-0.2, -0.15) is 0 Å². The summed E-state index contributed by atoms with van der Waals surface area (Å²) in [6, 6.07) is 5.21. The Morgan fingerprint density at radius 3 is 2.44 bits per heavy atom. The number of methoxy groups -OCH3 is 1. The van der Waals surface area contributed by atoms with Crippen LogP contribution in [0.2, 0.25) is 0 Å². The summed E-state index contributed by atoms with van der Waals surface area (Å²) in [7, 11) is 3.98. The highest BCUT2D eigenvalue weighted by atomic mass is 16.5. The highest BCUT2D eigenvalue weighted by molar-refractivity contribution is 5.47. The minimum absolute atomic E-state index is 0.127. The monoisotopic (exact) mass is 247 g/mol. The maximum absolute atomic E-state index is 5.59. The number of benzene rings is 1. The van der Waals surface area contributed by atoms with Gasteiger partial charge in [0.15, 0.2) is 0 Å². The van der Waals surface area contributed by atoms with Gasteiger partial charge in [0.2, 0.25) is 0 Å². The van der Waals surface area contributed by atoms with E-state index in [1.165, 1.54) is 16.7 Å². The second-order valence-electron chi connectivity index (χ2n) is 6.54. The minimum atomic E-state index is 0.127. The van der Waals surface area contributed by atoms with Crippen LogP contribution >= 0.6 is 0 Å². The van der Waals surface area contributed by atoms with Crippen molar-refractivity contribution in [3.8, 4) is 5.75 Å². The fraction of sp³-hybridized carbons (Fsp3) is 0.625. The molecule has 2 rings (SSSR count). The van der Waals surface area contributed by atoms with E-state index < -0.39 is 0 Å². The minimum Gasteiger partial charge on any atom is -0.496 e. The summed E-state index contributed by atoms with van der Waals surface area (Å²) in [6.45, 7) is 10.1. The largest absolute Gasteiger partial charge is 0.496 e. The summed E-state index contributed by atoms with van der Waals surface area (Å²) in [6.07, 6.45) is 1.12. The maximum atomic E-state index is 5.59. The van der Waals surface area contributed by atoms with Gasteiger partial charge in [0.05, 0.1) is 7.11 Å². The third-order valence-electron chi connectivity index (χ3n) is 4.02. The van der Waals surface area contributed by atoms with Crippen molar-refractivity contribution in [2.24, 2.45) is 0 Å². The first-order chi connectivity index (χ1) is 8.32. The van der Waals surface area contributed by atoms with Crippen molar-refractivity contribution in [2.45, 2.75) is 52.1 Å². The Kier molecular flexibility index (Phi) is 3.41. The number of hydrogen-bond acceptors (Lipinski definition) is 2. The van der Waals surface area contributed by atoms with E-state index in [2.05, 4.69) is 51.8 Å². The first kappa shape index (κ1) is 13.4. The molecule has 1 unspecified atom stereocenters. The molecule has 0 N–H and O–H groups in total. The zero-order chi connectivity index (χ0) is 13.5. The van der Waals surface area contributed by atoms with Crippen molar-refractivity contribution in [2.75, 3.05) is 14.2 Å². The molecule has 0 saturated heterocycles. The number of rotatable bonds is 1. The molecule has 0 aliphatic carbocycles. The average molecular weight is 247 g/mol. The second kappa shape index (κ2) is 4.58. The first-order valence-electron chi connectivity index (χ1n) is 6.73. The molecule has 1 atom stereocenters. The molecule has 1 heterocycles. The summed E-state index contributed by atoms with van der Waals surface area (Å²) in [4.78, 5) is 2.42. The van der Waals surface area contributed by atoms with Gasteiger partial charge >= 0.3 is 0 Å². The number of ether oxygens (including phenoxy) is 1. The zero-order valence-corrected chi connectivity index (χ0v) is 12.5. The number of hydrogen-bond donors (Lipinski definition) is 0. The van der Waals surface area contributed by atoms with E-state index >= 15 is 0 Å². The van der Waals surface area contributed by atoms with Crippen molar-refractivity contribution in [1.82, 2.24) is 4.90 Å². The van der Waals surface area contributed by atoms with Gasteiger partial charge in [-0.15, -0.1) is 0 Å².